The minimum absolute atomic E-state index is 0.0405. The average Bonchev–Trinajstić information content (AvgIpc) is 2.82. The molecule has 0 atom stereocenters. The second-order valence-electron chi connectivity index (χ2n) is 7.99. The first-order chi connectivity index (χ1) is 15.8. The van der Waals surface area contributed by atoms with Gasteiger partial charge in [0.15, 0.2) is 0 Å². The largest absolute Gasteiger partial charge is 0.368 e. The van der Waals surface area contributed by atoms with Gasteiger partial charge in [-0.2, -0.15) is 0 Å². The number of amides is 1. The summed E-state index contributed by atoms with van der Waals surface area (Å²) in [4.78, 5) is 56.0. The normalized spacial score (nSPS) is 14.2. The molecule has 1 aliphatic heterocycles. The first-order valence-electron chi connectivity index (χ1n) is 11.0. The number of fused-ring (bicyclic) bond motifs is 1. The second kappa shape index (κ2) is 8.90. The van der Waals surface area contributed by atoms with Gasteiger partial charge in [0.25, 0.3) is 17.0 Å². The van der Waals surface area contributed by atoms with E-state index in [2.05, 4.69) is 4.90 Å². The Morgan fingerprint density at radius 2 is 1.64 bits per heavy atom. The smallest absolute Gasteiger partial charge is 0.332 e. The van der Waals surface area contributed by atoms with Gasteiger partial charge in [0.2, 0.25) is 0 Å². The Bertz CT molecular complexity index is 1410. The molecule has 4 rings (SSSR count). The third-order valence-corrected chi connectivity index (χ3v) is 6.42. The first-order valence-corrected chi connectivity index (χ1v) is 11.3. The lowest BCUT2D eigenvalue weighted by molar-refractivity contribution is 0.0748. The number of rotatable bonds is 4. The van der Waals surface area contributed by atoms with Gasteiger partial charge >= 0.3 is 5.69 Å². The van der Waals surface area contributed by atoms with E-state index in [0.717, 1.165) is 10.3 Å². The highest BCUT2D eigenvalue weighted by atomic mass is 35.5. The predicted octanol–water partition coefficient (Wildman–Crippen LogP) is 1.52. The number of piperazine rings is 1. The van der Waals surface area contributed by atoms with Crippen molar-refractivity contribution in [1.82, 2.24) is 18.6 Å². The Morgan fingerprint density at radius 1 is 0.970 bits per heavy atom. The van der Waals surface area contributed by atoms with E-state index in [4.69, 9.17) is 11.6 Å². The van der Waals surface area contributed by atoms with E-state index in [0.29, 0.717) is 31.2 Å². The summed E-state index contributed by atoms with van der Waals surface area (Å²) >= 11 is 6.10. The van der Waals surface area contributed by atoms with Gasteiger partial charge in [0.1, 0.15) is 5.65 Å². The van der Waals surface area contributed by atoms with Crippen LogP contribution in [0.5, 0.6) is 0 Å². The first kappa shape index (κ1) is 22.8. The van der Waals surface area contributed by atoms with E-state index in [-0.39, 0.29) is 35.6 Å². The highest BCUT2D eigenvalue weighted by Crippen LogP contribution is 2.22. The molecule has 0 spiro atoms. The lowest BCUT2D eigenvalue weighted by Crippen LogP contribution is -2.49. The van der Waals surface area contributed by atoms with Crippen molar-refractivity contribution < 1.29 is 4.79 Å². The number of aromatic nitrogens is 3. The minimum atomic E-state index is -0.557. The Hall–Kier alpha value is -3.33. The van der Waals surface area contributed by atoms with Gasteiger partial charge in [-0.05, 0) is 32.0 Å². The van der Waals surface area contributed by atoms with Crippen LogP contribution < -0.4 is 21.7 Å². The Labute approximate surface area is 195 Å². The van der Waals surface area contributed by atoms with Crippen molar-refractivity contribution in [1.29, 1.82) is 0 Å². The monoisotopic (exact) mass is 471 g/mol. The van der Waals surface area contributed by atoms with Crippen molar-refractivity contribution in [3.63, 3.8) is 0 Å². The number of carbonyl (C=O) groups is 1. The molecule has 1 aliphatic rings. The number of hydrogen-bond acceptors (Lipinski definition) is 5. The zero-order valence-electron chi connectivity index (χ0n) is 18.9. The molecule has 174 valence electrons. The van der Waals surface area contributed by atoms with E-state index in [1.165, 1.54) is 22.2 Å². The molecule has 9 nitrogen and oxygen atoms in total. The van der Waals surface area contributed by atoms with Crippen molar-refractivity contribution in [3.05, 3.63) is 72.1 Å². The summed E-state index contributed by atoms with van der Waals surface area (Å²) in [5.41, 5.74) is -0.305. The van der Waals surface area contributed by atoms with E-state index in [9.17, 15) is 19.2 Å². The molecule has 0 saturated carbocycles. The van der Waals surface area contributed by atoms with Gasteiger partial charge < -0.3 is 9.80 Å². The van der Waals surface area contributed by atoms with Gasteiger partial charge in [-0.1, -0.05) is 17.7 Å². The minimum Gasteiger partial charge on any atom is -0.368 e. The van der Waals surface area contributed by atoms with Crippen molar-refractivity contribution >= 4 is 34.2 Å². The number of hydrogen-bond donors (Lipinski definition) is 0. The molecule has 0 N–H and O–H groups in total. The molecule has 0 bridgehead atoms. The predicted molar refractivity (Wildman–Crippen MR) is 129 cm³/mol. The molecule has 2 aromatic heterocycles. The van der Waals surface area contributed by atoms with Crippen LogP contribution in [0, 0.1) is 0 Å². The van der Waals surface area contributed by atoms with E-state index in [1.807, 2.05) is 24.3 Å². The van der Waals surface area contributed by atoms with Crippen molar-refractivity contribution in [2.45, 2.75) is 26.9 Å². The summed E-state index contributed by atoms with van der Waals surface area (Å²) in [6.45, 7) is 5.92. The molecule has 1 amide bonds. The molecule has 3 aromatic rings. The van der Waals surface area contributed by atoms with Gasteiger partial charge in [-0.25, -0.2) is 4.79 Å². The number of carbonyl (C=O) groups excluding carboxylic acids is 1. The summed E-state index contributed by atoms with van der Waals surface area (Å²) < 4.78 is 3.71. The Kier molecular flexibility index (Phi) is 6.16. The van der Waals surface area contributed by atoms with Crippen LogP contribution in [0.1, 0.15) is 24.2 Å². The Morgan fingerprint density at radius 3 is 2.24 bits per heavy atom. The molecule has 0 unspecified atom stereocenters. The molecule has 10 heteroatoms. The molecule has 1 saturated heterocycles. The molecule has 0 radical (unpaired) electrons. The number of pyridine rings is 1. The topological polar surface area (TPSA) is 89.6 Å². The van der Waals surface area contributed by atoms with Gasteiger partial charge in [-0.3, -0.25) is 28.1 Å². The fraction of sp³-hybridized carbons (Fsp3) is 0.391. The van der Waals surface area contributed by atoms with E-state index in [1.54, 1.807) is 18.7 Å². The van der Waals surface area contributed by atoms with Crippen LogP contribution in [0.3, 0.4) is 0 Å². The molecular formula is C23H26ClN5O4. The third kappa shape index (κ3) is 3.86. The lowest BCUT2D eigenvalue weighted by Gasteiger charge is -2.36. The van der Waals surface area contributed by atoms with Crippen molar-refractivity contribution in [2.75, 3.05) is 31.1 Å². The van der Waals surface area contributed by atoms with Gasteiger partial charge in [0.05, 0.1) is 10.9 Å². The maximum atomic E-state index is 13.5. The van der Waals surface area contributed by atoms with Crippen LogP contribution in [0.25, 0.3) is 11.0 Å². The highest BCUT2D eigenvalue weighted by molar-refractivity contribution is 6.30. The Balaban J connectivity index is 1.77. The number of benzene rings is 1. The molecule has 3 heterocycles. The molecule has 0 aliphatic carbocycles. The van der Waals surface area contributed by atoms with Crippen LogP contribution in [0.2, 0.25) is 5.02 Å². The molecule has 1 fully saturated rings. The van der Waals surface area contributed by atoms with E-state index < -0.39 is 16.8 Å². The fourth-order valence-corrected chi connectivity index (χ4v) is 4.64. The zero-order chi connectivity index (χ0) is 23.9. The average molecular weight is 472 g/mol. The van der Waals surface area contributed by atoms with Crippen LogP contribution in [0.4, 0.5) is 5.69 Å². The highest BCUT2D eigenvalue weighted by Gasteiger charge is 2.27. The number of anilines is 1. The summed E-state index contributed by atoms with van der Waals surface area (Å²) in [5, 5.41) is 0.745. The zero-order valence-corrected chi connectivity index (χ0v) is 19.6. The molecule has 33 heavy (non-hydrogen) atoms. The van der Waals surface area contributed by atoms with Gasteiger partial charge in [0, 0.05) is 63.1 Å². The second-order valence-corrected chi connectivity index (χ2v) is 8.43. The van der Waals surface area contributed by atoms with Crippen LogP contribution in [-0.2, 0) is 20.1 Å². The number of halogens is 1. The number of aryl methyl sites for hydroxylation is 2. The van der Waals surface area contributed by atoms with Crippen LogP contribution >= 0.6 is 11.6 Å². The van der Waals surface area contributed by atoms with Crippen LogP contribution in [-0.4, -0.2) is 50.7 Å². The molecule has 1 aromatic carbocycles. The standard InChI is InChI=1S/C23H26ClN5O4/c1-4-28-18(30)14-17(19-20(28)25(3)23(33)29(5-2)22(19)32)21(31)27-11-9-26(10-12-27)16-8-6-7-15(24)13-16/h6-8,13-14H,4-5,9-12H2,1-3H3. The quantitative estimate of drug-likeness (QED) is 0.575. The maximum Gasteiger partial charge on any atom is 0.332 e. The van der Waals surface area contributed by atoms with E-state index >= 15 is 0 Å². The summed E-state index contributed by atoms with van der Waals surface area (Å²) in [6.07, 6.45) is 0. The summed E-state index contributed by atoms with van der Waals surface area (Å²) in [5.74, 6) is -0.385. The lowest BCUT2D eigenvalue weighted by atomic mass is 10.1. The van der Waals surface area contributed by atoms with Crippen LogP contribution in [0.15, 0.2) is 44.7 Å². The summed E-state index contributed by atoms with van der Waals surface area (Å²) in [6, 6.07) is 8.76. The summed E-state index contributed by atoms with van der Waals surface area (Å²) in [7, 11) is 1.51. The third-order valence-electron chi connectivity index (χ3n) is 6.18. The van der Waals surface area contributed by atoms with Crippen molar-refractivity contribution in [2.24, 2.45) is 7.05 Å². The molecular weight excluding hydrogens is 446 g/mol. The van der Waals surface area contributed by atoms with Gasteiger partial charge in [-0.15, -0.1) is 0 Å². The fourth-order valence-electron chi connectivity index (χ4n) is 4.45. The maximum absolute atomic E-state index is 13.5. The van der Waals surface area contributed by atoms with Crippen molar-refractivity contribution in [3.8, 4) is 0 Å². The SMILES string of the molecule is CCn1c(=O)c2c(C(=O)N3CCN(c4cccc(Cl)c4)CC3)cc(=O)n(CC)c2n(C)c1=O. The number of nitrogens with zero attached hydrogens (tertiary/aromatic N) is 5.